The van der Waals surface area contributed by atoms with Gasteiger partial charge in [0.2, 0.25) is 0 Å². The van der Waals surface area contributed by atoms with Gasteiger partial charge in [-0.1, -0.05) is 18.2 Å². The maximum absolute atomic E-state index is 12.2. The third kappa shape index (κ3) is 5.59. The first-order valence-electron chi connectivity index (χ1n) is 9.00. The second-order valence-corrected chi connectivity index (χ2v) is 6.20. The zero-order valence-corrected chi connectivity index (χ0v) is 16.2. The zero-order chi connectivity index (χ0) is 20.6. The summed E-state index contributed by atoms with van der Waals surface area (Å²) < 4.78 is 16.5. The lowest BCUT2D eigenvalue weighted by Gasteiger charge is -2.12. The fraction of sp³-hybridized carbons (Fsp3) is 0.130. The molecule has 3 aromatic carbocycles. The summed E-state index contributed by atoms with van der Waals surface area (Å²) in [6.07, 6.45) is 0. The van der Waals surface area contributed by atoms with E-state index < -0.39 is 0 Å². The van der Waals surface area contributed by atoms with Crippen molar-refractivity contribution >= 4 is 17.4 Å². The lowest BCUT2D eigenvalue weighted by Crippen LogP contribution is -2.20. The Hall–Kier alpha value is -3.80. The van der Waals surface area contributed by atoms with Crippen molar-refractivity contribution in [2.75, 3.05) is 19.0 Å². The lowest BCUT2D eigenvalue weighted by molar-refractivity contribution is -0.118. The van der Waals surface area contributed by atoms with Crippen molar-refractivity contribution in [3.63, 3.8) is 0 Å². The van der Waals surface area contributed by atoms with Crippen molar-refractivity contribution in [3.05, 3.63) is 78.4 Å². The summed E-state index contributed by atoms with van der Waals surface area (Å²) in [6.45, 7) is 1.27. The number of benzene rings is 3. The highest BCUT2D eigenvalue weighted by atomic mass is 16.5. The maximum Gasteiger partial charge on any atom is 0.262 e. The van der Waals surface area contributed by atoms with Gasteiger partial charge in [-0.15, -0.1) is 0 Å². The molecule has 0 spiro atoms. The third-order valence-electron chi connectivity index (χ3n) is 4.05. The summed E-state index contributed by atoms with van der Waals surface area (Å²) in [4.78, 5) is 23.6. The van der Waals surface area contributed by atoms with Crippen LogP contribution in [0.2, 0.25) is 0 Å². The minimum absolute atomic E-state index is 0.0766. The summed E-state index contributed by atoms with van der Waals surface area (Å²) in [5, 5.41) is 2.76. The number of nitrogens with one attached hydrogen (secondary N) is 1. The molecule has 6 nitrogen and oxygen atoms in total. The number of ether oxygens (including phenoxy) is 3. The van der Waals surface area contributed by atoms with Gasteiger partial charge in [0.1, 0.15) is 11.5 Å². The first-order chi connectivity index (χ1) is 14.0. The molecule has 0 unspecified atom stereocenters. The number of carbonyl (C=O) groups is 2. The van der Waals surface area contributed by atoms with E-state index in [1.165, 1.54) is 14.0 Å². The van der Waals surface area contributed by atoms with Crippen molar-refractivity contribution in [1.82, 2.24) is 0 Å². The molecule has 1 N–H and O–H groups in total. The number of carbonyl (C=O) groups excluding carboxylic acids is 2. The average molecular weight is 391 g/mol. The predicted molar refractivity (Wildman–Crippen MR) is 110 cm³/mol. The Balaban J connectivity index is 1.55. The summed E-state index contributed by atoms with van der Waals surface area (Å²) >= 11 is 0. The zero-order valence-electron chi connectivity index (χ0n) is 16.2. The highest BCUT2D eigenvalue weighted by Gasteiger charge is 2.11. The Morgan fingerprint density at radius 1 is 0.862 bits per heavy atom. The van der Waals surface area contributed by atoms with Gasteiger partial charge in [-0.05, 0) is 61.5 Å². The highest BCUT2D eigenvalue weighted by molar-refractivity contribution is 5.95. The van der Waals surface area contributed by atoms with Gasteiger partial charge in [0.05, 0.1) is 7.11 Å². The van der Waals surface area contributed by atoms with Gasteiger partial charge >= 0.3 is 0 Å². The van der Waals surface area contributed by atoms with Crippen molar-refractivity contribution in [1.29, 1.82) is 0 Å². The number of hydrogen-bond acceptors (Lipinski definition) is 5. The normalized spacial score (nSPS) is 10.1. The molecule has 0 saturated carbocycles. The number of hydrogen-bond donors (Lipinski definition) is 1. The van der Waals surface area contributed by atoms with Gasteiger partial charge in [0.15, 0.2) is 23.9 Å². The number of rotatable bonds is 8. The van der Waals surface area contributed by atoms with Crippen molar-refractivity contribution in [2.24, 2.45) is 0 Å². The molecule has 29 heavy (non-hydrogen) atoms. The van der Waals surface area contributed by atoms with Crippen LogP contribution >= 0.6 is 0 Å². The second-order valence-electron chi connectivity index (χ2n) is 6.20. The van der Waals surface area contributed by atoms with E-state index in [-0.39, 0.29) is 18.3 Å². The fourth-order valence-corrected chi connectivity index (χ4v) is 2.58. The standard InChI is InChI=1S/C23H21NO5/c1-16(25)17-8-13-21(22(14-17)27-2)28-15-23(26)24-18-9-11-20(12-10-18)29-19-6-4-3-5-7-19/h3-14H,15H2,1-2H3,(H,24,26). The molecule has 3 rings (SSSR count). The Labute approximate surface area is 169 Å². The molecular weight excluding hydrogens is 370 g/mol. The van der Waals surface area contributed by atoms with E-state index in [2.05, 4.69) is 5.32 Å². The Morgan fingerprint density at radius 2 is 1.55 bits per heavy atom. The SMILES string of the molecule is COc1cc(C(C)=O)ccc1OCC(=O)Nc1ccc(Oc2ccccc2)cc1. The van der Waals surface area contributed by atoms with Crippen molar-refractivity contribution in [2.45, 2.75) is 6.92 Å². The van der Waals surface area contributed by atoms with Gasteiger partial charge < -0.3 is 19.5 Å². The smallest absolute Gasteiger partial charge is 0.262 e. The van der Waals surface area contributed by atoms with Crippen LogP contribution in [0.5, 0.6) is 23.0 Å². The maximum atomic E-state index is 12.2. The van der Waals surface area contributed by atoms with Crippen LogP contribution in [0.4, 0.5) is 5.69 Å². The Kier molecular flexibility index (Phi) is 6.47. The Morgan fingerprint density at radius 3 is 2.21 bits per heavy atom. The van der Waals surface area contributed by atoms with Gasteiger partial charge in [-0.3, -0.25) is 9.59 Å². The first kappa shape index (κ1) is 19.9. The van der Waals surface area contributed by atoms with Crippen LogP contribution in [-0.2, 0) is 4.79 Å². The van der Waals surface area contributed by atoms with E-state index in [1.807, 2.05) is 30.3 Å². The molecule has 0 aliphatic heterocycles. The van der Waals surface area contributed by atoms with Gasteiger partial charge in [0.25, 0.3) is 5.91 Å². The topological polar surface area (TPSA) is 73.9 Å². The van der Waals surface area contributed by atoms with Crippen molar-refractivity contribution in [3.8, 4) is 23.0 Å². The molecule has 0 radical (unpaired) electrons. The number of Topliss-reactive ketones (excluding diaryl/α,β-unsaturated/α-hetero) is 1. The molecule has 3 aromatic rings. The molecule has 1 amide bonds. The molecular formula is C23H21NO5. The van der Waals surface area contributed by atoms with Crippen molar-refractivity contribution < 1.29 is 23.8 Å². The molecule has 0 saturated heterocycles. The Bertz CT molecular complexity index is 984. The van der Waals surface area contributed by atoms with Crippen LogP contribution in [0.15, 0.2) is 72.8 Å². The lowest BCUT2D eigenvalue weighted by atomic mass is 10.1. The predicted octanol–water partition coefficient (Wildman–Crippen LogP) is 4.71. The van der Waals surface area contributed by atoms with Gasteiger partial charge in [-0.25, -0.2) is 0 Å². The van der Waals surface area contributed by atoms with Crippen LogP contribution in [0.3, 0.4) is 0 Å². The second kappa shape index (κ2) is 9.41. The average Bonchev–Trinajstić information content (AvgIpc) is 2.74. The molecule has 148 valence electrons. The van der Waals surface area contributed by atoms with Crippen LogP contribution < -0.4 is 19.5 Å². The number of anilines is 1. The molecule has 0 aliphatic rings. The first-order valence-corrected chi connectivity index (χ1v) is 9.00. The molecule has 0 bridgehead atoms. The molecule has 0 aromatic heterocycles. The summed E-state index contributed by atoms with van der Waals surface area (Å²) in [5.41, 5.74) is 1.13. The summed E-state index contributed by atoms with van der Waals surface area (Å²) in [5.74, 6) is 1.79. The van der Waals surface area contributed by atoms with Crippen LogP contribution in [0.25, 0.3) is 0 Å². The quantitative estimate of drug-likeness (QED) is 0.563. The third-order valence-corrected chi connectivity index (χ3v) is 4.05. The van der Waals surface area contributed by atoms with Gasteiger partial charge in [0, 0.05) is 11.3 Å². The van der Waals surface area contributed by atoms with E-state index in [0.29, 0.717) is 28.5 Å². The fourth-order valence-electron chi connectivity index (χ4n) is 2.58. The van der Waals surface area contributed by atoms with E-state index in [4.69, 9.17) is 14.2 Å². The number of ketones is 1. The summed E-state index contributed by atoms with van der Waals surface area (Å²) in [7, 11) is 1.48. The van der Waals surface area contributed by atoms with Crippen LogP contribution in [-0.4, -0.2) is 25.4 Å². The molecule has 0 aliphatic carbocycles. The minimum atomic E-state index is -0.320. The largest absolute Gasteiger partial charge is 0.493 e. The summed E-state index contributed by atoms with van der Waals surface area (Å²) in [6, 6.07) is 21.3. The van der Waals surface area contributed by atoms with E-state index in [1.54, 1.807) is 42.5 Å². The van der Waals surface area contributed by atoms with E-state index in [0.717, 1.165) is 5.75 Å². The van der Waals surface area contributed by atoms with Crippen LogP contribution in [0, 0.1) is 0 Å². The van der Waals surface area contributed by atoms with Crippen LogP contribution in [0.1, 0.15) is 17.3 Å². The highest BCUT2D eigenvalue weighted by Crippen LogP contribution is 2.28. The molecule has 0 heterocycles. The monoisotopic (exact) mass is 391 g/mol. The molecule has 0 fully saturated rings. The number of methoxy groups -OCH3 is 1. The van der Waals surface area contributed by atoms with Gasteiger partial charge in [-0.2, -0.15) is 0 Å². The number of para-hydroxylation sites is 1. The van der Waals surface area contributed by atoms with E-state index in [9.17, 15) is 9.59 Å². The molecule has 6 heteroatoms. The number of amides is 1. The molecule has 0 atom stereocenters. The minimum Gasteiger partial charge on any atom is -0.493 e. The van der Waals surface area contributed by atoms with E-state index >= 15 is 0 Å².